The molecule has 27 heavy (non-hydrogen) atoms. The van der Waals surface area contributed by atoms with Gasteiger partial charge in [0.25, 0.3) is 5.91 Å². The molecule has 0 radical (unpaired) electrons. The number of amides is 1. The zero-order valence-corrected chi connectivity index (χ0v) is 15.2. The highest BCUT2D eigenvalue weighted by Gasteiger charge is 2.29. The minimum atomic E-state index is -4.41. The average Bonchev–Trinajstić information content (AvgIpc) is 2.61. The lowest BCUT2D eigenvalue weighted by atomic mass is 10.2. The fourth-order valence-corrected chi connectivity index (χ4v) is 2.60. The van der Waals surface area contributed by atoms with Gasteiger partial charge in [-0.3, -0.25) is 4.79 Å². The highest BCUT2D eigenvalue weighted by atomic mass is 32.2. The van der Waals surface area contributed by atoms with Crippen molar-refractivity contribution >= 4 is 29.3 Å². The lowest BCUT2D eigenvalue weighted by Gasteiger charge is -2.15. The van der Waals surface area contributed by atoms with Crippen LogP contribution < -0.4 is 10.1 Å². The number of para-hydroxylation sites is 2. The van der Waals surface area contributed by atoms with Crippen LogP contribution in [0.15, 0.2) is 53.4 Å². The van der Waals surface area contributed by atoms with E-state index in [9.17, 15) is 22.8 Å². The third kappa shape index (κ3) is 6.21. The van der Waals surface area contributed by atoms with Crippen LogP contribution in [0, 0.1) is 0 Å². The fourth-order valence-electron chi connectivity index (χ4n) is 2.06. The lowest BCUT2D eigenvalue weighted by Crippen LogP contribution is -2.30. The number of esters is 1. The van der Waals surface area contributed by atoms with Crippen molar-refractivity contribution in [3.8, 4) is 5.75 Å². The van der Waals surface area contributed by atoms with E-state index in [1.165, 1.54) is 26.2 Å². The fraction of sp³-hybridized carbons (Fsp3) is 0.222. The number of carbonyl (C=O) groups excluding carboxylic acids is 2. The summed E-state index contributed by atoms with van der Waals surface area (Å²) < 4.78 is 47.1. The van der Waals surface area contributed by atoms with Gasteiger partial charge in [-0.1, -0.05) is 12.1 Å². The summed E-state index contributed by atoms with van der Waals surface area (Å²) in [4.78, 5) is 24.2. The molecular formula is C18H16F3NO4S. The van der Waals surface area contributed by atoms with Crippen LogP contribution in [0.4, 0.5) is 18.9 Å². The van der Waals surface area contributed by atoms with Crippen molar-refractivity contribution in [2.45, 2.75) is 23.4 Å². The first-order chi connectivity index (χ1) is 12.7. The number of carbonyl (C=O) groups is 2. The zero-order valence-electron chi connectivity index (χ0n) is 14.4. The SMILES string of the molecule is COc1ccccc1NC(=O)[C@H](C)OC(=O)c1ccc(SC(F)(F)F)cc1. The highest BCUT2D eigenvalue weighted by Crippen LogP contribution is 2.36. The molecule has 0 bridgehead atoms. The van der Waals surface area contributed by atoms with Crippen molar-refractivity contribution in [2.24, 2.45) is 0 Å². The van der Waals surface area contributed by atoms with E-state index in [-0.39, 0.29) is 22.2 Å². The van der Waals surface area contributed by atoms with E-state index in [1.54, 1.807) is 24.3 Å². The van der Waals surface area contributed by atoms with Crippen LogP contribution in [0.1, 0.15) is 17.3 Å². The minimum Gasteiger partial charge on any atom is -0.495 e. The number of benzene rings is 2. The Balaban J connectivity index is 1.97. The number of nitrogens with one attached hydrogen (secondary N) is 1. The molecule has 0 fully saturated rings. The number of hydrogen-bond acceptors (Lipinski definition) is 5. The second-order valence-electron chi connectivity index (χ2n) is 5.31. The van der Waals surface area contributed by atoms with Gasteiger partial charge in [0, 0.05) is 4.90 Å². The molecule has 2 rings (SSSR count). The van der Waals surface area contributed by atoms with E-state index in [4.69, 9.17) is 9.47 Å². The molecule has 1 atom stereocenters. The quantitative estimate of drug-likeness (QED) is 0.573. The maximum atomic E-state index is 12.3. The molecule has 2 aromatic carbocycles. The summed E-state index contributed by atoms with van der Waals surface area (Å²) in [6, 6.07) is 11.5. The number of halogens is 3. The van der Waals surface area contributed by atoms with Gasteiger partial charge in [-0.2, -0.15) is 13.2 Å². The minimum absolute atomic E-state index is 0.0402. The molecule has 0 aromatic heterocycles. The predicted molar refractivity (Wildman–Crippen MR) is 94.9 cm³/mol. The number of anilines is 1. The molecule has 0 aliphatic heterocycles. The molecule has 144 valence electrons. The maximum Gasteiger partial charge on any atom is 0.446 e. The predicted octanol–water partition coefficient (Wildman–Crippen LogP) is 4.49. The number of hydrogen-bond donors (Lipinski definition) is 1. The molecule has 0 spiro atoms. The van der Waals surface area contributed by atoms with Gasteiger partial charge in [-0.25, -0.2) is 4.79 Å². The molecule has 1 N–H and O–H groups in total. The average molecular weight is 399 g/mol. The smallest absolute Gasteiger partial charge is 0.446 e. The molecule has 9 heteroatoms. The summed E-state index contributed by atoms with van der Waals surface area (Å²) in [7, 11) is 1.45. The first-order valence-corrected chi connectivity index (χ1v) is 8.52. The topological polar surface area (TPSA) is 64.6 Å². The second kappa shape index (κ2) is 8.81. The van der Waals surface area contributed by atoms with Crippen molar-refractivity contribution < 1.29 is 32.2 Å². The van der Waals surface area contributed by atoms with Gasteiger partial charge in [0.05, 0.1) is 18.4 Å². The molecular weight excluding hydrogens is 383 g/mol. The summed E-state index contributed by atoms with van der Waals surface area (Å²) in [6.45, 7) is 1.39. The Labute approximate surface area is 157 Å². The Kier molecular flexibility index (Phi) is 6.73. The van der Waals surface area contributed by atoms with Crippen LogP contribution >= 0.6 is 11.8 Å². The molecule has 0 saturated heterocycles. The third-order valence-corrected chi connectivity index (χ3v) is 4.08. The van der Waals surface area contributed by atoms with Gasteiger partial charge in [0.1, 0.15) is 5.75 Å². The largest absolute Gasteiger partial charge is 0.495 e. The van der Waals surface area contributed by atoms with Gasteiger partial charge in [-0.05, 0) is 55.1 Å². The first kappa shape index (κ1) is 20.6. The standard InChI is InChI=1S/C18H16F3NO4S/c1-11(16(23)22-14-5-3-4-6-15(14)25-2)26-17(24)12-7-9-13(10-8-12)27-18(19,20)21/h3-11H,1-2H3,(H,22,23)/t11-/m0/s1. The summed E-state index contributed by atoms with van der Waals surface area (Å²) in [5.74, 6) is -0.944. The van der Waals surface area contributed by atoms with Crippen molar-refractivity contribution in [3.63, 3.8) is 0 Å². The molecule has 2 aromatic rings. The van der Waals surface area contributed by atoms with E-state index < -0.39 is 23.5 Å². The number of rotatable bonds is 6. The van der Waals surface area contributed by atoms with E-state index in [0.717, 1.165) is 12.1 Å². The monoisotopic (exact) mass is 399 g/mol. The van der Waals surface area contributed by atoms with Crippen LogP contribution in [-0.4, -0.2) is 30.6 Å². The highest BCUT2D eigenvalue weighted by molar-refractivity contribution is 8.00. The van der Waals surface area contributed by atoms with E-state index in [2.05, 4.69) is 5.32 Å². The molecule has 0 aliphatic carbocycles. The van der Waals surface area contributed by atoms with Crippen LogP contribution in [-0.2, 0) is 9.53 Å². The maximum absolute atomic E-state index is 12.3. The molecule has 0 saturated carbocycles. The summed E-state index contributed by atoms with van der Waals surface area (Å²) >= 11 is -0.283. The van der Waals surface area contributed by atoms with Gasteiger partial charge in [-0.15, -0.1) is 0 Å². The molecule has 0 heterocycles. The van der Waals surface area contributed by atoms with Crippen molar-refractivity contribution in [1.82, 2.24) is 0 Å². The molecule has 0 unspecified atom stereocenters. The summed E-state index contributed by atoms with van der Waals surface area (Å²) in [5, 5.41) is 2.58. The van der Waals surface area contributed by atoms with Crippen LogP contribution in [0.3, 0.4) is 0 Å². The second-order valence-corrected chi connectivity index (χ2v) is 6.45. The van der Waals surface area contributed by atoms with Gasteiger partial charge in [0.2, 0.25) is 0 Å². The van der Waals surface area contributed by atoms with Crippen molar-refractivity contribution in [1.29, 1.82) is 0 Å². The number of methoxy groups -OCH3 is 1. The lowest BCUT2D eigenvalue weighted by molar-refractivity contribution is -0.123. The van der Waals surface area contributed by atoms with E-state index in [0.29, 0.717) is 11.4 Å². The third-order valence-electron chi connectivity index (χ3n) is 3.34. The zero-order chi connectivity index (χ0) is 20.0. The molecule has 0 aliphatic rings. The Bertz CT molecular complexity index is 809. The van der Waals surface area contributed by atoms with Gasteiger partial charge < -0.3 is 14.8 Å². The summed E-state index contributed by atoms with van der Waals surface area (Å²) in [6.07, 6.45) is -1.12. The molecule has 1 amide bonds. The molecule has 5 nitrogen and oxygen atoms in total. The van der Waals surface area contributed by atoms with Crippen molar-refractivity contribution in [2.75, 3.05) is 12.4 Å². The number of thioether (sulfide) groups is 1. The van der Waals surface area contributed by atoms with Crippen LogP contribution in [0.25, 0.3) is 0 Å². The number of alkyl halides is 3. The van der Waals surface area contributed by atoms with Crippen LogP contribution in [0.5, 0.6) is 5.75 Å². The Hall–Kier alpha value is -2.68. The van der Waals surface area contributed by atoms with Gasteiger partial charge >= 0.3 is 11.5 Å². The summed E-state index contributed by atoms with van der Waals surface area (Å²) in [5.41, 5.74) is -3.95. The Morgan fingerprint density at radius 1 is 1.07 bits per heavy atom. The van der Waals surface area contributed by atoms with E-state index >= 15 is 0 Å². The number of ether oxygens (including phenoxy) is 2. The first-order valence-electron chi connectivity index (χ1n) is 7.70. The van der Waals surface area contributed by atoms with Gasteiger partial charge in [0.15, 0.2) is 6.10 Å². The Morgan fingerprint density at radius 3 is 2.30 bits per heavy atom. The van der Waals surface area contributed by atoms with Crippen LogP contribution in [0.2, 0.25) is 0 Å². The Morgan fingerprint density at radius 2 is 1.70 bits per heavy atom. The van der Waals surface area contributed by atoms with Crippen molar-refractivity contribution in [3.05, 3.63) is 54.1 Å². The normalized spacial score (nSPS) is 12.2. The van der Waals surface area contributed by atoms with E-state index in [1.807, 2.05) is 0 Å².